The zero-order chi connectivity index (χ0) is 26.0. The fraction of sp³-hybridized carbons (Fsp3) is 0.231. The summed E-state index contributed by atoms with van der Waals surface area (Å²) in [6.45, 7) is 5.14. The standard InChI is InChI=1S/C26H24BrClN4O4/c1-15-30-23(36-14-16-6-5-7-18(12-16)35-4)22(27)24(33)32(15)21-13-17(8-9-19(21)28)20-10-11-29-25(31-20)26(2,3)34/h5-13,34H,14H2,1-4H3. The first-order valence-corrected chi connectivity index (χ1v) is 12.2. The van der Waals surface area contributed by atoms with Gasteiger partial charge in [-0.25, -0.2) is 9.97 Å². The minimum Gasteiger partial charge on any atom is -0.497 e. The molecule has 2 aromatic heterocycles. The maximum atomic E-state index is 13.4. The van der Waals surface area contributed by atoms with E-state index in [0.717, 1.165) is 5.56 Å². The summed E-state index contributed by atoms with van der Waals surface area (Å²) in [6, 6.07) is 14.4. The Balaban J connectivity index is 1.71. The summed E-state index contributed by atoms with van der Waals surface area (Å²) in [7, 11) is 1.60. The van der Waals surface area contributed by atoms with Crippen LogP contribution in [-0.4, -0.2) is 31.7 Å². The Kier molecular flexibility index (Phi) is 7.44. The number of aromatic nitrogens is 4. The number of hydrogen-bond acceptors (Lipinski definition) is 7. The van der Waals surface area contributed by atoms with Crippen LogP contribution in [0.5, 0.6) is 11.6 Å². The molecule has 0 fully saturated rings. The highest BCUT2D eigenvalue weighted by atomic mass is 79.9. The second-order valence-corrected chi connectivity index (χ2v) is 9.75. The molecule has 8 nitrogen and oxygen atoms in total. The van der Waals surface area contributed by atoms with Crippen LogP contribution in [-0.2, 0) is 12.2 Å². The van der Waals surface area contributed by atoms with Crippen molar-refractivity contribution in [2.24, 2.45) is 0 Å². The normalized spacial score (nSPS) is 11.4. The Labute approximate surface area is 221 Å². The average Bonchev–Trinajstić information content (AvgIpc) is 2.86. The number of aliphatic hydroxyl groups is 1. The fourth-order valence-electron chi connectivity index (χ4n) is 3.53. The predicted octanol–water partition coefficient (Wildman–Crippen LogP) is 5.23. The van der Waals surface area contributed by atoms with Crippen LogP contribution in [0, 0.1) is 6.92 Å². The molecule has 0 saturated heterocycles. The van der Waals surface area contributed by atoms with E-state index in [1.54, 1.807) is 58.3 Å². The highest BCUT2D eigenvalue weighted by Crippen LogP contribution is 2.29. The van der Waals surface area contributed by atoms with Crippen molar-refractivity contribution in [3.63, 3.8) is 0 Å². The van der Waals surface area contributed by atoms with Crippen molar-refractivity contribution in [3.8, 4) is 28.6 Å². The number of hydrogen-bond donors (Lipinski definition) is 1. The molecule has 0 saturated carbocycles. The van der Waals surface area contributed by atoms with Gasteiger partial charge in [0.1, 0.15) is 28.3 Å². The summed E-state index contributed by atoms with van der Waals surface area (Å²) in [6.07, 6.45) is 1.58. The van der Waals surface area contributed by atoms with Crippen LogP contribution in [0.1, 0.15) is 31.1 Å². The first kappa shape index (κ1) is 25.8. The van der Waals surface area contributed by atoms with Gasteiger partial charge in [-0.3, -0.25) is 9.36 Å². The molecule has 0 amide bonds. The molecule has 36 heavy (non-hydrogen) atoms. The third-order valence-corrected chi connectivity index (χ3v) is 6.36. The smallest absolute Gasteiger partial charge is 0.276 e. The number of aryl methyl sites for hydroxylation is 1. The zero-order valence-electron chi connectivity index (χ0n) is 20.1. The minimum atomic E-state index is -1.20. The van der Waals surface area contributed by atoms with E-state index in [1.807, 2.05) is 24.3 Å². The maximum absolute atomic E-state index is 13.4. The third-order valence-electron chi connectivity index (χ3n) is 5.36. The molecule has 10 heteroatoms. The van der Waals surface area contributed by atoms with Gasteiger partial charge in [0.05, 0.1) is 23.5 Å². The first-order chi connectivity index (χ1) is 17.1. The Bertz CT molecular complexity index is 1480. The summed E-state index contributed by atoms with van der Waals surface area (Å²) in [5.41, 5.74) is 1.01. The second-order valence-electron chi connectivity index (χ2n) is 8.55. The number of benzene rings is 2. The van der Waals surface area contributed by atoms with Crippen LogP contribution < -0.4 is 15.0 Å². The van der Waals surface area contributed by atoms with Gasteiger partial charge in [0.15, 0.2) is 5.82 Å². The van der Waals surface area contributed by atoms with Crippen molar-refractivity contribution < 1.29 is 14.6 Å². The molecule has 2 heterocycles. The fourth-order valence-corrected chi connectivity index (χ4v) is 4.12. The van der Waals surface area contributed by atoms with Gasteiger partial charge >= 0.3 is 0 Å². The Hall–Kier alpha value is -3.27. The second kappa shape index (κ2) is 10.4. The third kappa shape index (κ3) is 5.43. The van der Waals surface area contributed by atoms with Crippen molar-refractivity contribution in [2.45, 2.75) is 33.0 Å². The minimum absolute atomic E-state index is 0.170. The van der Waals surface area contributed by atoms with Crippen LogP contribution in [0.4, 0.5) is 0 Å². The van der Waals surface area contributed by atoms with Crippen LogP contribution in [0.3, 0.4) is 0 Å². The van der Waals surface area contributed by atoms with Gasteiger partial charge in [-0.05, 0) is 72.6 Å². The molecular formula is C26H24BrClN4O4. The van der Waals surface area contributed by atoms with Crippen molar-refractivity contribution >= 4 is 27.5 Å². The summed E-state index contributed by atoms with van der Waals surface area (Å²) in [4.78, 5) is 26.5. The first-order valence-electron chi connectivity index (χ1n) is 11.0. The van der Waals surface area contributed by atoms with Gasteiger partial charge in [0.25, 0.3) is 5.56 Å². The molecule has 0 atom stereocenters. The molecular weight excluding hydrogens is 548 g/mol. The highest BCUT2D eigenvalue weighted by molar-refractivity contribution is 9.10. The SMILES string of the molecule is COc1cccc(COc2nc(C)n(-c3cc(-c4ccnc(C(C)(C)O)n4)ccc3Cl)c(=O)c2Br)c1. The van der Waals surface area contributed by atoms with Crippen LogP contribution in [0.2, 0.25) is 5.02 Å². The number of ether oxygens (including phenoxy) is 2. The maximum Gasteiger partial charge on any atom is 0.276 e. The Morgan fingerprint density at radius 2 is 1.92 bits per heavy atom. The van der Waals surface area contributed by atoms with Gasteiger partial charge < -0.3 is 14.6 Å². The molecule has 0 aliphatic carbocycles. The van der Waals surface area contributed by atoms with Gasteiger partial charge in [0, 0.05) is 11.8 Å². The van der Waals surface area contributed by atoms with Crippen molar-refractivity contribution in [1.82, 2.24) is 19.5 Å². The van der Waals surface area contributed by atoms with E-state index in [9.17, 15) is 9.90 Å². The zero-order valence-corrected chi connectivity index (χ0v) is 22.5. The van der Waals surface area contributed by atoms with Gasteiger partial charge in [-0.2, -0.15) is 4.98 Å². The molecule has 1 N–H and O–H groups in total. The van der Waals surface area contributed by atoms with E-state index < -0.39 is 5.60 Å². The topological polar surface area (TPSA) is 99.4 Å². The lowest BCUT2D eigenvalue weighted by Gasteiger charge is -2.17. The van der Waals surface area contributed by atoms with E-state index in [4.69, 9.17) is 21.1 Å². The molecule has 0 aliphatic rings. The molecule has 0 aliphatic heterocycles. The van der Waals surface area contributed by atoms with E-state index in [0.29, 0.717) is 33.5 Å². The van der Waals surface area contributed by atoms with E-state index in [2.05, 4.69) is 30.9 Å². The molecule has 2 aromatic carbocycles. The van der Waals surface area contributed by atoms with Crippen LogP contribution >= 0.6 is 27.5 Å². The molecule has 0 bridgehead atoms. The molecule has 186 valence electrons. The van der Waals surface area contributed by atoms with E-state index >= 15 is 0 Å². The summed E-state index contributed by atoms with van der Waals surface area (Å²) < 4.78 is 12.7. The van der Waals surface area contributed by atoms with Gasteiger partial charge in [0.2, 0.25) is 5.88 Å². The highest BCUT2D eigenvalue weighted by Gasteiger charge is 2.21. The summed E-state index contributed by atoms with van der Waals surface area (Å²) in [5, 5.41) is 10.6. The van der Waals surface area contributed by atoms with Crippen molar-refractivity contribution in [2.75, 3.05) is 7.11 Å². The van der Waals surface area contributed by atoms with E-state index in [-0.39, 0.29) is 28.3 Å². The van der Waals surface area contributed by atoms with Crippen LogP contribution in [0.15, 0.2) is 64.0 Å². The molecule has 0 spiro atoms. The Morgan fingerprint density at radius 1 is 1.14 bits per heavy atom. The van der Waals surface area contributed by atoms with Crippen LogP contribution in [0.25, 0.3) is 16.9 Å². The van der Waals surface area contributed by atoms with Gasteiger partial charge in [-0.1, -0.05) is 29.8 Å². The summed E-state index contributed by atoms with van der Waals surface area (Å²) in [5.74, 6) is 1.56. The number of nitrogens with zero attached hydrogens (tertiary/aromatic N) is 4. The number of halogens is 2. The molecule has 0 unspecified atom stereocenters. The quantitative estimate of drug-likeness (QED) is 0.324. The Morgan fingerprint density at radius 3 is 2.64 bits per heavy atom. The largest absolute Gasteiger partial charge is 0.497 e. The molecule has 4 rings (SSSR count). The lowest BCUT2D eigenvalue weighted by molar-refractivity contribution is 0.0688. The van der Waals surface area contributed by atoms with Crippen molar-refractivity contribution in [3.05, 3.63) is 91.8 Å². The van der Waals surface area contributed by atoms with E-state index in [1.165, 1.54) is 4.57 Å². The lowest BCUT2D eigenvalue weighted by atomic mass is 10.1. The van der Waals surface area contributed by atoms with Crippen molar-refractivity contribution in [1.29, 1.82) is 0 Å². The van der Waals surface area contributed by atoms with Gasteiger partial charge in [-0.15, -0.1) is 0 Å². The average molecular weight is 572 g/mol. The monoisotopic (exact) mass is 570 g/mol. The molecule has 0 radical (unpaired) electrons. The number of rotatable bonds is 7. The summed E-state index contributed by atoms with van der Waals surface area (Å²) >= 11 is 9.86. The predicted molar refractivity (Wildman–Crippen MR) is 141 cm³/mol. The number of methoxy groups -OCH3 is 1. The molecule has 4 aromatic rings. The lowest BCUT2D eigenvalue weighted by Crippen LogP contribution is -2.24.